The summed E-state index contributed by atoms with van der Waals surface area (Å²) < 4.78 is 0. The average Bonchev–Trinajstić information content (AvgIpc) is 2.51. The highest BCUT2D eigenvalue weighted by atomic mass is 16.5. The van der Waals surface area contributed by atoms with Gasteiger partial charge in [-0.15, -0.1) is 0 Å². The monoisotopic (exact) mass is 322 g/mol. The van der Waals surface area contributed by atoms with Crippen molar-refractivity contribution in [2.45, 2.75) is 18.9 Å². The highest BCUT2D eigenvalue weighted by molar-refractivity contribution is 6.25. The molecule has 2 atom stereocenters. The normalized spacial score (nSPS) is 14.3. The Labute approximate surface area is 131 Å². The Kier molecular flexibility index (Phi) is 5.94. The summed E-state index contributed by atoms with van der Waals surface area (Å²) in [5.41, 5.74) is 15.1. The van der Waals surface area contributed by atoms with E-state index in [1.165, 1.54) is 5.48 Å². The van der Waals surface area contributed by atoms with Crippen LogP contribution in [-0.2, 0) is 25.6 Å². The van der Waals surface area contributed by atoms with Gasteiger partial charge in [-0.3, -0.25) is 24.4 Å². The van der Waals surface area contributed by atoms with Crippen LogP contribution in [0.1, 0.15) is 12.0 Å². The fourth-order valence-corrected chi connectivity index (χ4v) is 2.23. The predicted molar refractivity (Wildman–Crippen MR) is 78.5 cm³/mol. The molecule has 0 saturated heterocycles. The maximum absolute atomic E-state index is 12.5. The molecule has 9 heteroatoms. The second kappa shape index (κ2) is 7.47. The van der Waals surface area contributed by atoms with Crippen molar-refractivity contribution in [3.63, 3.8) is 0 Å². The van der Waals surface area contributed by atoms with E-state index < -0.39 is 41.4 Å². The Hall–Kier alpha value is -2.78. The van der Waals surface area contributed by atoms with Gasteiger partial charge in [-0.05, 0) is 12.0 Å². The topological polar surface area (TPSA) is 179 Å². The van der Waals surface area contributed by atoms with Crippen LogP contribution in [0.15, 0.2) is 30.3 Å². The van der Waals surface area contributed by atoms with E-state index in [9.17, 15) is 19.2 Å². The summed E-state index contributed by atoms with van der Waals surface area (Å²) in [5.74, 6) is -5.08. The molecular weight excluding hydrogens is 304 g/mol. The van der Waals surface area contributed by atoms with Gasteiger partial charge in [0, 0.05) is 0 Å². The van der Waals surface area contributed by atoms with Crippen molar-refractivity contribution in [1.29, 1.82) is 0 Å². The Morgan fingerprint density at radius 1 is 1.13 bits per heavy atom. The third-order valence-corrected chi connectivity index (χ3v) is 3.41. The van der Waals surface area contributed by atoms with Crippen molar-refractivity contribution >= 4 is 23.5 Å². The molecule has 0 aromatic heterocycles. The fourth-order valence-electron chi connectivity index (χ4n) is 2.23. The largest absolute Gasteiger partial charge is 0.370 e. The van der Waals surface area contributed by atoms with Crippen LogP contribution in [0.3, 0.4) is 0 Å². The molecule has 0 radical (unpaired) electrons. The van der Waals surface area contributed by atoms with Crippen molar-refractivity contribution in [1.82, 2.24) is 5.48 Å². The SMILES string of the molecule is NC(=O)CC(C(N)=O)(C(=O)NO)C(=O)C(N)Cc1ccccc1. The van der Waals surface area contributed by atoms with Crippen LogP contribution in [0.4, 0.5) is 0 Å². The summed E-state index contributed by atoms with van der Waals surface area (Å²) in [6, 6.07) is 7.28. The van der Waals surface area contributed by atoms with Gasteiger partial charge in [0.1, 0.15) is 0 Å². The van der Waals surface area contributed by atoms with Crippen molar-refractivity contribution in [3.8, 4) is 0 Å². The number of ketones is 1. The van der Waals surface area contributed by atoms with Crippen molar-refractivity contribution < 1.29 is 24.4 Å². The Morgan fingerprint density at radius 2 is 1.70 bits per heavy atom. The number of benzene rings is 1. The first-order valence-electron chi connectivity index (χ1n) is 6.62. The molecule has 0 aliphatic heterocycles. The van der Waals surface area contributed by atoms with E-state index in [0.717, 1.165) is 0 Å². The minimum atomic E-state index is -2.66. The molecule has 1 aromatic carbocycles. The van der Waals surface area contributed by atoms with Gasteiger partial charge in [-0.2, -0.15) is 0 Å². The number of primary amides is 2. The molecule has 3 amide bonds. The highest BCUT2D eigenvalue weighted by Gasteiger charge is 2.54. The van der Waals surface area contributed by atoms with Gasteiger partial charge in [0.25, 0.3) is 5.91 Å². The number of nitrogens with two attached hydrogens (primary N) is 3. The van der Waals surface area contributed by atoms with Gasteiger partial charge >= 0.3 is 0 Å². The number of Topliss-reactive ketones (excluding diaryl/α,β-unsaturated/α-hetero) is 1. The van der Waals surface area contributed by atoms with Crippen LogP contribution in [0.2, 0.25) is 0 Å². The molecule has 0 fully saturated rings. The Balaban J connectivity index is 3.19. The second-order valence-electron chi connectivity index (χ2n) is 5.01. The second-order valence-corrected chi connectivity index (χ2v) is 5.01. The molecule has 23 heavy (non-hydrogen) atoms. The number of hydrogen-bond acceptors (Lipinski definition) is 6. The maximum Gasteiger partial charge on any atom is 0.267 e. The first-order chi connectivity index (χ1) is 10.8. The molecule has 1 aromatic rings. The van der Waals surface area contributed by atoms with Crippen molar-refractivity contribution in [3.05, 3.63) is 35.9 Å². The number of amides is 3. The van der Waals surface area contributed by atoms with Crippen molar-refractivity contribution in [2.24, 2.45) is 22.6 Å². The third-order valence-electron chi connectivity index (χ3n) is 3.41. The first-order valence-corrected chi connectivity index (χ1v) is 6.62. The predicted octanol–water partition coefficient (Wildman–Crippen LogP) is -2.02. The molecule has 0 aliphatic rings. The lowest BCUT2D eigenvalue weighted by Crippen LogP contribution is -2.60. The number of rotatable bonds is 8. The minimum absolute atomic E-state index is 0.00612. The molecule has 2 unspecified atom stereocenters. The molecule has 0 bridgehead atoms. The molecule has 8 N–H and O–H groups in total. The van der Waals surface area contributed by atoms with Gasteiger partial charge in [-0.1, -0.05) is 30.3 Å². The molecule has 0 saturated carbocycles. The van der Waals surface area contributed by atoms with E-state index in [4.69, 9.17) is 22.4 Å². The van der Waals surface area contributed by atoms with E-state index in [-0.39, 0.29) is 6.42 Å². The summed E-state index contributed by atoms with van der Waals surface area (Å²) >= 11 is 0. The molecule has 0 aliphatic carbocycles. The summed E-state index contributed by atoms with van der Waals surface area (Å²) in [4.78, 5) is 47.3. The van der Waals surface area contributed by atoms with Crippen LogP contribution < -0.4 is 22.7 Å². The van der Waals surface area contributed by atoms with E-state index in [2.05, 4.69) is 0 Å². The summed E-state index contributed by atoms with van der Waals surface area (Å²) in [6.07, 6.45) is -0.984. The van der Waals surface area contributed by atoms with E-state index in [1.807, 2.05) is 0 Å². The van der Waals surface area contributed by atoms with Crippen LogP contribution >= 0.6 is 0 Å². The van der Waals surface area contributed by atoms with Gasteiger partial charge in [0.05, 0.1) is 12.5 Å². The van der Waals surface area contributed by atoms with Gasteiger partial charge in [0.15, 0.2) is 11.2 Å². The van der Waals surface area contributed by atoms with E-state index in [0.29, 0.717) is 5.56 Å². The van der Waals surface area contributed by atoms with Gasteiger partial charge in [0.2, 0.25) is 11.8 Å². The van der Waals surface area contributed by atoms with Gasteiger partial charge in [-0.25, -0.2) is 5.48 Å². The Morgan fingerprint density at radius 3 is 2.13 bits per heavy atom. The molecule has 0 spiro atoms. The molecule has 124 valence electrons. The van der Waals surface area contributed by atoms with Crippen molar-refractivity contribution in [2.75, 3.05) is 0 Å². The van der Waals surface area contributed by atoms with Crippen LogP contribution in [-0.4, -0.2) is 34.8 Å². The van der Waals surface area contributed by atoms with E-state index in [1.54, 1.807) is 30.3 Å². The number of nitrogens with one attached hydrogen (secondary N) is 1. The molecule has 9 nitrogen and oxygen atoms in total. The van der Waals surface area contributed by atoms with E-state index >= 15 is 0 Å². The lowest BCUT2D eigenvalue weighted by Gasteiger charge is -2.28. The average molecular weight is 322 g/mol. The Bertz CT molecular complexity index is 619. The van der Waals surface area contributed by atoms with Crippen LogP contribution in [0.5, 0.6) is 0 Å². The summed E-state index contributed by atoms with van der Waals surface area (Å²) in [5, 5.41) is 8.80. The fraction of sp³-hybridized carbons (Fsp3) is 0.286. The molecular formula is C14H18N4O5. The lowest BCUT2D eigenvalue weighted by molar-refractivity contribution is -0.157. The quantitative estimate of drug-likeness (QED) is 0.209. The summed E-state index contributed by atoms with van der Waals surface area (Å²) in [7, 11) is 0. The van der Waals surface area contributed by atoms with Gasteiger partial charge < -0.3 is 17.2 Å². The first kappa shape index (κ1) is 18.3. The highest BCUT2D eigenvalue weighted by Crippen LogP contribution is 2.26. The van der Waals surface area contributed by atoms with Crippen LogP contribution in [0.25, 0.3) is 0 Å². The molecule has 1 rings (SSSR count). The summed E-state index contributed by atoms with van der Waals surface area (Å²) in [6.45, 7) is 0. The zero-order valence-corrected chi connectivity index (χ0v) is 12.2. The van der Waals surface area contributed by atoms with Crippen LogP contribution in [0, 0.1) is 5.41 Å². The minimum Gasteiger partial charge on any atom is -0.370 e. The lowest BCUT2D eigenvalue weighted by atomic mass is 9.74. The third kappa shape index (κ3) is 3.90. The maximum atomic E-state index is 12.5. The number of carbonyl (C=O) groups is 4. The standard InChI is InChI=1S/C14H18N4O5/c15-9(6-8-4-2-1-3-5-8)11(20)14(12(17)21,7-10(16)19)13(22)18-23/h1-5,9,23H,6-7,15H2,(H2,16,19)(H2,17,21)(H,18,22). The number of hydrogen-bond donors (Lipinski definition) is 5. The number of hydroxylamine groups is 1. The zero-order chi connectivity index (χ0) is 17.6. The molecule has 0 heterocycles. The zero-order valence-electron chi connectivity index (χ0n) is 12.2. The smallest absolute Gasteiger partial charge is 0.267 e. The number of carbonyl (C=O) groups excluding carboxylic acids is 4.